The minimum absolute atomic E-state index is 0.0440. The lowest BCUT2D eigenvalue weighted by molar-refractivity contribution is -0.121. The van der Waals surface area contributed by atoms with Crippen molar-refractivity contribution in [3.8, 4) is 0 Å². The Labute approximate surface area is 54.8 Å². The Bertz CT molecular complexity index is 124. The number of nitrogens with two attached hydrogens (primary N) is 1. The molecule has 2 N–H and O–H groups in total. The molecule has 1 amide bonds. The summed E-state index contributed by atoms with van der Waals surface area (Å²) in [5.41, 5.74) is 5.07. The molecule has 1 aliphatic heterocycles. The first kappa shape index (κ1) is 6.55. The van der Waals surface area contributed by atoms with E-state index >= 15 is 0 Å². The van der Waals surface area contributed by atoms with E-state index in [-0.39, 0.29) is 11.8 Å². The average Bonchev–Trinajstić information content (AvgIpc) is 2.14. The van der Waals surface area contributed by atoms with Crippen LogP contribution in [0.5, 0.6) is 0 Å². The standard InChI is InChI=1S/C6H11N2O/c1-8-3-2-5(4-8)6(7)9/h5H,1-4H2,(H2,7,9)/q-1/t5-/m1/s1. The second-order valence-corrected chi connectivity index (χ2v) is 2.46. The summed E-state index contributed by atoms with van der Waals surface area (Å²) in [6.45, 7) is 1.63. The van der Waals surface area contributed by atoms with Gasteiger partial charge in [-0.2, -0.15) is 0 Å². The third-order valence-corrected chi connectivity index (χ3v) is 1.67. The number of hydrogen-bond acceptors (Lipinski definition) is 2. The van der Waals surface area contributed by atoms with Crippen LogP contribution in [-0.2, 0) is 4.79 Å². The van der Waals surface area contributed by atoms with Gasteiger partial charge in [0.1, 0.15) is 0 Å². The average molecular weight is 127 g/mol. The Morgan fingerprint density at radius 3 is 2.67 bits per heavy atom. The molecule has 1 fully saturated rings. The highest BCUT2D eigenvalue weighted by molar-refractivity contribution is 5.77. The Balaban J connectivity index is 2.39. The Morgan fingerprint density at radius 1 is 1.78 bits per heavy atom. The smallest absolute Gasteiger partial charge is 0.221 e. The number of likely N-dealkylation sites (tertiary alicyclic amines) is 1. The number of primary amides is 1. The highest BCUT2D eigenvalue weighted by atomic mass is 16.1. The van der Waals surface area contributed by atoms with Crippen LogP contribution in [0.15, 0.2) is 0 Å². The number of amides is 1. The maximum absolute atomic E-state index is 10.5. The molecule has 0 bridgehead atoms. The van der Waals surface area contributed by atoms with Gasteiger partial charge < -0.3 is 10.6 Å². The first-order chi connectivity index (χ1) is 4.20. The molecular formula is C6H11N2O-. The lowest BCUT2D eigenvalue weighted by Gasteiger charge is -2.14. The van der Waals surface area contributed by atoms with Crippen molar-refractivity contribution in [2.75, 3.05) is 13.1 Å². The molecule has 9 heavy (non-hydrogen) atoms. The second kappa shape index (κ2) is 2.35. The normalized spacial score (nSPS) is 28.8. The van der Waals surface area contributed by atoms with E-state index in [2.05, 4.69) is 7.05 Å². The van der Waals surface area contributed by atoms with Crippen molar-refractivity contribution in [1.29, 1.82) is 0 Å². The Hall–Kier alpha value is -0.570. The van der Waals surface area contributed by atoms with E-state index < -0.39 is 0 Å². The quantitative estimate of drug-likeness (QED) is 0.486. The molecule has 52 valence electrons. The second-order valence-electron chi connectivity index (χ2n) is 2.46. The summed E-state index contributed by atoms with van der Waals surface area (Å²) in [6, 6.07) is 0. The van der Waals surface area contributed by atoms with Gasteiger partial charge in [-0.15, -0.1) is 0 Å². The van der Waals surface area contributed by atoms with Crippen LogP contribution in [0.25, 0.3) is 0 Å². The molecule has 1 aliphatic rings. The van der Waals surface area contributed by atoms with Crippen molar-refractivity contribution in [3.63, 3.8) is 0 Å². The molecule has 1 rings (SSSR count). The van der Waals surface area contributed by atoms with Crippen LogP contribution in [0.3, 0.4) is 0 Å². The van der Waals surface area contributed by atoms with Crippen LogP contribution in [0, 0.1) is 13.0 Å². The summed E-state index contributed by atoms with van der Waals surface area (Å²) >= 11 is 0. The number of carbonyl (C=O) groups is 1. The van der Waals surface area contributed by atoms with Gasteiger partial charge in [-0.1, -0.05) is 0 Å². The fourth-order valence-corrected chi connectivity index (χ4v) is 1.06. The Kier molecular flexibility index (Phi) is 1.71. The molecule has 0 aromatic carbocycles. The van der Waals surface area contributed by atoms with Gasteiger partial charge in [0.25, 0.3) is 0 Å². The van der Waals surface area contributed by atoms with Crippen molar-refractivity contribution in [2.45, 2.75) is 6.42 Å². The number of nitrogens with zero attached hydrogens (tertiary/aromatic N) is 1. The minimum Gasteiger partial charge on any atom is -0.459 e. The molecule has 0 saturated carbocycles. The third kappa shape index (κ3) is 1.42. The summed E-state index contributed by atoms with van der Waals surface area (Å²) < 4.78 is 0. The first-order valence-electron chi connectivity index (χ1n) is 3.05. The largest absolute Gasteiger partial charge is 0.459 e. The van der Waals surface area contributed by atoms with Crippen molar-refractivity contribution in [1.82, 2.24) is 4.90 Å². The van der Waals surface area contributed by atoms with Crippen LogP contribution >= 0.6 is 0 Å². The number of carbonyl (C=O) groups excluding carboxylic acids is 1. The lowest BCUT2D eigenvalue weighted by Crippen LogP contribution is -2.25. The third-order valence-electron chi connectivity index (χ3n) is 1.67. The number of rotatable bonds is 1. The molecule has 1 atom stereocenters. The molecule has 3 nitrogen and oxygen atoms in total. The lowest BCUT2D eigenvalue weighted by atomic mass is 10.1. The van der Waals surface area contributed by atoms with Gasteiger partial charge in [0.2, 0.25) is 5.91 Å². The molecule has 0 radical (unpaired) electrons. The predicted molar refractivity (Wildman–Crippen MR) is 34.2 cm³/mol. The van der Waals surface area contributed by atoms with Crippen molar-refractivity contribution in [3.05, 3.63) is 7.05 Å². The van der Waals surface area contributed by atoms with E-state index in [1.165, 1.54) is 0 Å². The zero-order chi connectivity index (χ0) is 6.85. The van der Waals surface area contributed by atoms with Crippen LogP contribution in [0.4, 0.5) is 0 Å². The van der Waals surface area contributed by atoms with Gasteiger partial charge in [0.15, 0.2) is 0 Å². The molecule has 0 aromatic rings. The number of hydrogen-bond donors (Lipinski definition) is 1. The molecule has 0 unspecified atom stereocenters. The van der Waals surface area contributed by atoms with Gasteiger partial charge in [-0.3, -0.25) is 11.8 Å². The van der Waals surface area contributed by atoms with Crippen molar-refractivity contribution >= 4 is 5.91 Å². The van der Waals surface area contributed by atoms with E-state index in [0.717, 1.165) is 19.5 Å². The minimum atomic E-state index is -0.193. The summed E-state index contributed by atoms with van der Waals surface area (Å²) in [7, 11) is 3.70. The van der Waals surface area contributed by atoms with E-state index in [1.54, 1.807) is 0 Å². The van der Waals surface area contributed by atoms with Crippen LogP contribution in [-0.4, -0.2) is 23.9 Å². The highest BCUT2D eigenvalue weighted by Crippen LogP contribution is 2.13. The summed E-state index contributed by atoms with van der Waals surface area (Å²) in [4.78, 5) is 12.4. The molecular weight excluding hydrogens is 116 g/mol. The topological polar surface area (TPSA) is 46.3 Å². The van der Waals surface area contributed by atoms with Gasteiger partial charge in [0.05, 0.1) is 0 Å². The van der Waals surface area contributed by atoms with Gasteiger partial charge in [-0.25, -0.2) is 0 Å². The molecule has 3 heteroatoms. The van der Waals surface area contributed by atoms with Crippen LogP contribution in [0.1, 0.15) is 6.42 Å². The maximum Gasteiger partial charge on any atom is 0.221 e. The van der Waals surface area contributed by atoms with Gasteiger partial charge in [0, 0.05) is 5.92 Å². The van der Waals surface area contributed by atoms with E-state index in [1.807, 2.05) is 4.90 Å². The van der Waals surface area contributed by atoms with Crippen LogP contribution < -0.4 is 5.73 Å². The van der Waals surface area contributed by atoms with Crippen molar-refractivity contribution < 1.29 is 4.79 Å². The van der Waals surface area contributed by atoms with E-state index in [9.17, 15) is 4.79 Å². The maximum atomic E-state index is 10.5. The zero-order valence-electron chi connectivity index (χ0n) is 5.34. The molecule has 0 aromatic heterocycles. The zero-order valence-corrected chi connectivity index (χ0v) is 5.34. The van der Waals surface area contributed by atoms with Gasteiger partial charge in [-0.05, 0) is 19.5 Å². The first-order valence-corrected chi connectivity index (χ1v) is 3.05. The fraction of sp³-hybridized carbons (Fsp3) is 0.667. The van der Waals surface area contributed by atoms with Crippen LogP contribution in [0.2, 0.25) is 0 Å². The van der Waals surface area contributed by atoms with E-state index in [4.69, 9.17) is 5.73 Å². The van der Waals surface area contributed by atoms with E-state index in [0.29, 0.717) is 0 Å². The molecule has 1 heterocycles. The molecule has 0 spiro atoms. The monoisotopic (exact) mass is 127 g/mol. The fourth-order valence-electron chi connectivity index (χ4n) is 1.06. The molecule has 1 saturated heterocycles. The summed E-state index contributed by atoms with van der Waals surface area (Å²) in [6.07, 6.45) is 0.874. The van der Waals surface area contributed by atoms with Gasteiger partial charge >= 0.3 is 0 Å². The molecule has 0 aliphatic carbocycles. The predicted octanol–water partition coefficient (Wildman–Crippen LogP) is -0.415. The Morgan fingerprint density at radius 2 is 2.44 bits per heavy atom. The highest BCUT2D eigenvalue weighted by Gasteiger charge is 2.20. The summed E-state index contributed by atoms with van der Waals surface area (Å²) in [5.74, 6) is -0.149. The summed E-state index contributed by atoms with van der Waals surface area (Å²) in [5, 5.41) is 0. The van der Waals surface area contributed by atoms with Crippen molar-refractivity contribution in [2.24, 2.45) is 11.7 Å². The SMILES string of the molecule is [CH2-]N1CC[C@@H](C(N)=O)C1.